The van der Waals surface area contributed by atoms with Crippen LogP contribution < -0.4 is 10.6 Å². The van der Waals surface area contributed by atoms with Crippen LogP contribution in [0.3, 0.4) is 0 Å². The molecule has 0 amide bonds. The van der Waals surface area contributed by atoms with Gasteiger partial charge in [0, 0.05) is 13.1 Å². The van der Waals surface area contributed by atoms with Gasteiger partial charge in [-0.05, 0) is 19.7 Å². The number of nitrogens with one attached hydrogen (secondary N) is 2. The van der Waals surface area contributed by atoms with Crippen molar-refractivity contribution in [1.29, 1.82) is 0 Å². The van der Waals surface area contributed by atoms with Crippen LogP contribution in [0.4, 0.5) is 0 Å². The van der Waals surface area contributed by atoms with Crippen molar-refractivity contribution in [2.45, 2.75) is 12.7 Å². The zero-order valence-electron chi connectivity index (χ0n) is 9.49. The predicted molar refractivity (Wildman–Crippen MR) is 62.9 cm³/mol. The van der Waals surface area contributed by atoms with Crippen LogP contribution in [0, 0.1) is 0 Å². The Bertz CT molecular complexity index is 245. The molecule has 2 N–H and O–H groups in total. The Morgan fingerprint density at radius 3 is 2.20 bits per heavy atom. The molecule has 84 valence electrons. The fraction of sp³-hybridized carbons (Fsp3) is 0.500. The molecular weight excluding hydrogens is 188 g/mol. The van der Waals surface area contributed by atoms with Crippen molar-refractivity contribution < 1.29 is 4.74 Å². The zero-order valence-corrected chi connectivity index (χ0v) is 9.49. The van der Waals surface area contributed by atoms with Gasteiger partial charge in [-0.3, -0.25) is 0 Å². The second-order valence-electron chi connectivity index (χ2n) is 3.53. The molecule has 0 atom stereocenters. The van der Waals surface area contributed by atoms with E-state index in [-0.39, 0.29) is 6.10 Å². The maximum Gasteiger partial charge on any atom is 0.0827 e. The fourth-order valence-electron chi connectivity index (χ4n) is 1.43. The fourth-order valence-corrected chi connectivity index (χ4v) is 1.43. The molecule has 0 fully saturated rings. The molecule has 0 radical (unpaired) electrons. The Kier molecular flexibility index (Phi) is 6.00. The summed E-state index contributed by atoms with van der Waals surface area (Å²) in [4.78, 5) is 0. The molecule has 0 aliphatic rings. The summed E-state index contributed by atoms with van der Waals surface area (Å²) in [5, 5.41) is 6.25. The third-order valence-electron chi connectivity index (χ3n) is 2.19. The highest BCUT2D eigenvalue weighted by Crippen LogP contribution is 2.02. The molecule has 3 heteroatoms. The second-order valence-corrected chi connectivity index (χ2v) is 3.53. The monoisotopic (exact) mass is 208 g/mol. The van der Waals surface area contributed by atoms with Gasteiger partial charge >= 0.3 is 0 Å². The van der Waals surface area contributed by atoms with Crippen molar-refractivity contribution >= 4 is 0 Å². The van der Waals surface area contributed by atoms with Crippen LogP contribution in [0.15, 0.2) is 30.3 Å². The van der Waals surface area contributed by atoms with Gasteiger partial charge in [0.1, 0.15) is 0 Å². The molecule has 0 saturated heterocycles. The van der Waals surface area contributed by atoms with Crippen LogP contribution in [0.1, 0.15) is 5.56 Å². The molecule has 0 aliphatic heterocycles. The van der Waals surface area contributed by atoms with Crippen LogP contribution in [-0.4, -0.2) is 33.3 Å². The summed E-state index contributed by atoms with van der Waals surface area (Å²) >= 11 is 0. The van der Waals surface area contributed by atoms with Crippen molar-refractivity contribution in [3.8, 4) is 0 Å². The van der Waals surface area contributed by atoms with Gasteiger partial charge in [-0.25, -0.2) is 0 Å². The quantitative estimate of drug-likeness (QED) is 0.701. The van der Waals surface area contributed by atoms with E-state index in [9.17, 15) is 0 Å². The Hall–Kier alpha value is -0.900. The van der Waals surface area contributed by atoms with Crippen LogP contribution in [0.25, 0.3) is 0 Å². The van der Waals surface area contributed by atoms with Crippen LogP contribution in [-0.2, 0) is 11.3 Å². The third-order valence-corrected chi connectivity index (χ3v) is 2.19. The van der Waals surface area contributed by atoms with Crippen LogP contribution in [0.2, 0.25) is 0 Å². The highest BCUT2D eigenvalue weighted by Gasteiger charge is 2.06. The Labute approximate surface area is 91.8 Å². The molecule has 0 heterocycles. The van der Waals surface area contributed by atoms with Crippen molar-refractivity contribution in [2.24, 2.45) is 0 Å². The topological polar surface area (TPSA) is 33.3 Å². The Morgan fingerprint density at radius 2 is 1.67 bits per heavy atom. The maximum absolute atomic E-state index is 5.78. The molecule has 1 aromatic rings. The van der Waals surface area contributed by atoms with Gasteiger partial charge in [0.05, 0.1) is 12.7 Å². The molecule has 0 bridgehead atoms. The normalized spacial score (nSPS) is 10.9. The molecule has 0 aliphatic carbocycles. The minimum Gasteiger partial charge on any atom is -0.371 e. The first kappa shape index (κ1) is 12.2. The molecule has 15 heavy (non-hydrogen) atoms. The predicted octanol–water partition coefficient (Wildman–Crippen LogP) is 1.01. The van der Waals surface area contributed by atoms with Gasteiger partial charge in [0.2, 0.25) is 0 Å². The van der Waals surface area contributed by atoms with Gasteiger partial charge < -0.3 is 15.4 Å². The van der Waals surface area contributed by atoms with Gasteiger partial charge in [-0.15, -0.1) is 0 Å². The number of hydrogen-bond donors (Lipinski definition) is 2. The van der Waals surface area contributed by atoms with Crippen molar-refractivity contribution in [3.05, 3.63) is 35.9 Å². The lowest BCUT2D eigenvalue weighted by atomic mass is 10.2. The van der Waals surface area contributed by atoms with Crippen molar-refractivity contribution in [2.75, 3.05) is 27.2 Å². The molecule has 3 nitrogen and oxygen atoms in total. The van der Waals surface area contributed by atoms with Crippen molar-refractivity contribution in [1.82, 2.24) is 10.6 Å². The number of likely N-dealkylation sites (N-methyl/N-ethyl adjacent to an activating group) is 2. The highest BCUT2D eigenvalue weighted by atomic mass is 16.5. The molecule has 0 spiro atoms. The van der Waals surface area contributed by atoms with Crippen LogP contribution in [0.5, 0.6) is 0 Å². The van der Waals surface area contributed by atoms with E-state index >= 15 is 0 Å². The summed E-state index contributed by atoms with van der Waals surface area (Å²) in [6.07, 6.45) is 0.222. The Morgan fingerprint density at radius 1 is 1.07 bits per heavy atom. The summed E-state index contributed by atoms with van der Waals surface area (Å²) in [6, 6.07) is 10.2. The average molecular weight is 208 g/mol. The van der Waals surface area contributed by atoms with Gasteiger partial charge in [-0.1, -0.05) is 30.3 Å². The summed E-state index contributed by atoms with van der Waals surface area (Å²) in [6.45, 7) is 2.41. The lowest BCUT2D eigenvalue weighted by molar-refractivity contribution is 0.0434. The molecule has 1 aromatic carbocycles. The smallest absolute Gasteiger partial charge is 0.0827 e. The SMILES string of the molecule is CNCC(CNC)OCc1ccccc1. The van der Waals surface area contributed by atoms with Crippen molar-refractivity contribution in [3.63, 3.8) is 0 Å². The van der Waals surface area contributed by atoms with Gasteiger partial charge in [-0.2, -0.15) is 0 Å². The van der Waals surface area contributed by atoms with Crippen LogP contribution >= 0.6 is 0 Å². The van der Waals surface area contributed by atoms with Gasteiger partial charge in [0.25, 0.3) is 0 Å². The summed E-state index contributed by atoms with van der Waals surface area (Å²) in [7, 11) is 3.88. The molecular formula is C12H20N2O. The van der Waals surface area contributed by atoms with E-state index in [1.807, 2.05) is 32.3 Å². The maximum atomic E-state index is 5.78. The number of ether oxygens (including phenoxy) is 1. The zero-order chi connectivity index (χ0) is 10.9. The highest BCUT2D eigenvalue weighted by molar-refractivity contribution is 5.13. The summed E-state index contributed by atoms with van der Waals surface area (Å²) in [5.74, 6) is 0. The number of benzene rings is 1. The summed E-state index contributed by atoms with van der Waals surface area (Å²) in [5.41, 5.74) is 1.22. The first-order valence-electron chi connectivity index (χ1n) is 5.31. The van der Waals surface area contributed by atoms with E-state index in [1.165, 1.54) is 5.56 Å². The largest absolute Gasteiger partial charge is 0.371 e. The molecule has 0 saturated carbocycles. The van der Waals surface area contributed by atoms with E-state index in [2.05, 4.69) is 22.8 Å². The minimum atomic E-state index is 0.222. The summed E-state index contributed by atoms with van der Waals surface area (Å²) < 4.78 is 5.78. The third kappa shape index (κ3) is 4.93. The number of rotatable bonds is 7. The second kappa shape index (κ2) is 7.40. The first-order valence-corrected chi connectivity index (χ1v) is 5.31. The lowest BCUT2D eigenvalue weighted by Crippen LogP contribution is -2.34. The Balaban J connectivity index is 2.33. The lowest BCUT2D eigenvalue weighted by Gasteiger charge is -2.17. The first-order chi connectivity index (χ1) is 7.36. The minimum absolute atomic E-state index is 0.222. The molecule has 1 rings (SSSR count). The van der Waals surface area contributed by atoms with Gasteiger partial charge in [0.15, 0.2) is 0 Å². The number of hydrogen-bond acceptors (Lipinski definition) is 3. The van der Waals surface area contributed by atoms with E-state index in [0.29, 0.717) is 6.61 Å². The van der Waals surface area contributed by atoms with E-state index in [0.717, 1.165) is 13.1 Å². The van der Waals surface area contributed by atoms with E-state index in [4.69, 9.17) is 4.74 Å². The average Bonchev–Trinajstić information content (AvgIpc) is 2.28. The van der Waals surface area contributed by atoms with E-state index < -0.39 is 0 Å². The molecule has 0 aromatic heterocycles. The van der Waals surface area contributed by atoms with E-state index in [1.54, 1.807) is 0 Å². The standard InChI is InChI=1S/C12H20N2O/c1-13-8-12(9-14-2)15-10-11-6-4-3-5-7-11/h3-7,12-14H,8-10H2,1-2H3. The molecule has 0 unspecified atom stereocenters.